The molecule has 2 fully saturated rings. The molecule has 0 spiro atoms. The number of sulfonamides is 1. The molecule has 0 bridgehead atoms. The lowest BCUT2D eigenvalue weighted by Gasteiger charge is -2.35. The molecule has 30 heavy (non-hydrogen) atoms. The Kier molecular flexibility index (Phi) is 6.43. The number of benzene rings is 1. The van der Waals surface area contributed by atoms with E-state index in [0.29, 0.717) is 31.2 Å². The van der Waals surface area contributed by atoms with Gasteiger partial charge >= 0.3 is 0 Å². The highest BCUT2D eigenvalue weighted by molar-refractivity contribution is 7.89. The van der Waals surface area contributed by atoms with Crippen LogP contribution < -0.4 is 9.80 Å². The number of rotatable bonds is 5. The van der Waals surface area contributed by atoms with Crippen molar-refractivity contribution in [1.82, 2.24) is 19.4 Å². The molecular formula is C20H27ClN6O2S. The van der Waals surface area contributed by atoms with E-state index in [2.05, 4.69) is 31.8 Å². The monoisotopic (exact) mass is 450 g/mol. The minimum Gasteiger partial charge on any atom is -0.353 e. The van der Waals surface area contributed by atoms with Gasteiger partial charge in [0.2, 0.25) is 10.0 Å². The number of aromatic nitrogens is 2. The summed E-state index contributed by atoms with van der Waals surface area (Å²) in [5.41, 5.74) is 0. The van der Waals surface area contributed by atoms with E-state index < -0.39 is 10.0 Å². The molecular weight excluding hydrogens is 424 g/mol. The molecule has 2 aromatic rings. The van der Waals surface area contributed by atoms with E-state index in [1.165, 1.54) is 4.31 Å². The Morgan fingerprint density at radius 2 is 1.30 bits per heavy atom. The smallest absolute Gasteiger partial charge is 0.243 e. The third-order valence-electron chi connectivity index (χ3n) is 5.79. The Morgan fingerprint density at radius 3 is 1.77 bits per heavy atom. The first-order valence-electron chi connectivity index (χ1n) is 10.3. The van der Waals surface area contributed by atoms with Crippen molar-refractivity contribution >= 4 is 33.3 Å². The third-order valence-corrected chi connectivity index (χ3v) is 7.96. The SMILES string of the molecule is CCN1CCN(c2ccc(N3CCN(S(=O)(=O)c4ccc(Cl)cc4)CC3)nn2)CC1. The van der Waals surface area contributed by atoms with E-state index in [9.17, 15) is 8.42 Å². The summed E-state index contributed by atoms with van der Waals surface area (Å²) in [4.78, 5) is 7.04. The van der Waals surface area contributed by atoms with Crippen molar-refractivity contribution in [3.63, 3.8) is 0 Å². The molecule has 0 radical (unpaired) electrons. The fourth-order valence-corrected chi connectivity index (χ4v) is 5.41. The number of likely N-dealkylation sites (N-methyl/N-ethyl adjacent to an activating group) is 1. The van der Waals surface area contributed by atoms with E-state index in [0.717, 1.165) is 44.4 Å². The molecule has 1 aromatic heterocycles. The molecule has 1 aromatic carbocycles. The Bertz CT molecular complexity index is 938. The number of hydrogen-bond acceptors (Lipinski definition) is 7. The molecule has 0 atom stereocenters. The normalized spacial score (nSPS) is 19.3. The zero-order valence-electron chi connectivity index (χ0n) is 17.1. The average Bonchev–Trinajstić information content (AvgIpc) is 2.80. The highest BCUT2D eigenvalue weighted by atomic mass is 35.5. The van der Waals surface area contributed by atoms with Crippen molar-refractivity contribution in [1.29, 1.82) is 0 Å². The molecule has 8 nitrogen and oxygen atoms in total. The number of piperazine rings is 2. The second kappa shape index (κ2) is 9.05. The van der Waals surface area contributed by atoms with Crippen LogP contribution in [0.3, 0.4) is 0 Å². The lowest BCUT2D eigenvalue weighted by Crippen LogP contribution is -2.49. The maximum atomic E-state index is 12.8. The lowest BCUT2D eigenvalue weighted by molar-refractivity contribution is 0.270. The molecule has 0 N–H and O–H groups in total. The van der Waals surface area contributed by atoms with Gasteiger partial charge in [-0.25, -0.2) is 8.42 Å². The summed E-state index contributed by atoms with van der Waals surface area (Å²) in [6.45, 7) is 9.26. The van der Waals surface area contributed by atoms with Crippen LogP contribution >= 0.6 is 11.6 Å². The van der Waals surface area contributed by atoms with Gasteiger partial charge in [0.15, 0.2) is 11.6 Å². The predicted molar refractivity (Wildman–Crippen MR) is 119 cm³/mol. The molecule has 162 valence electrons. The summed E-state index contributed by atoms with van der Waals surface area (Å²) < 4.78 is 27.2. The van der Waals surface area contributed by atoms with Crippen molar-refractivity contribution < 1.29 is 8.42 Å². The van der Waals surface area contributed by atoms with Crippen LogP contribution in [0.4, 0.5) is 11.6 Å². The summed E-state index contributed by atoms with van der Waals surface area (Å²) in [7, 11) is -3.51. The summed E-state index contributed by atoms with van der Waals surface area (Å²) in [5.74, 6) is 1.69. The molecule has 10 heteroatoms. The van der Waals surface area contributed by atoms with Crippen molar-refractivity contribution in [2.75, 3.05) is 68.7 Å². The summed E-state index contributed by atoms with van der Waals surface area (Å²) in [6.07, 6.45) is 0. The third kappa shape index (κ3) is 4.54. The number of hydrogen-bond donors (Lipinski definition) is 0. The van der Waals surface area contributed by atoms with Gasteiger partial charge in [0.05, 0.1) is 4.90 Å². The quantitative estimate of drug-likeness (QED) is 0.687. The summed E-state index contributed by atoms with van der Waals surface area (Å²) >= 11 is 5.88. The van der Waals surface area contributed by atoms with Crippen LogP contribution in [0, 0.1) is 0 Å². The van der Waals surface area contributed by atoms with Crippen LogP contribution in [0.2, 0.25) is 5.02 Å². The van der Waals surface area contributed by atoms with Crippen LogP contribution in [0.1, 0.15) is 6.92 Å². The zero-order chi connectivity index (χ0) is 21.1. The number of nitrogens with zero attached hydrogens (tertiary/aromatic N) is 6. The van der Waals surface area contributed by atoms with E-state index in [-0.39, 0.29) is 4.90 Å². The maximum absolute atomic E-state index is 12.8. The van der Waals surface area contributed by atoms with Gasteiger partial charge < -0.3 is 14.7 Å². The minimum absolute atomic E-state index is 0.271. The molecule has 2 aliphatic rings. The Labute approximate surface area is 183 Å². The second-order valence-electron chi connectivity index (χ2n) is 7.52. The second-order valence-corrected chi connectivity index (χ2v) is 9.89. The summed E-state index contributed by atoms with van der Waals surface area (Å²) in [5, 5.41) is 9.35. The Balaban J connectivity index is 1.35. The van der Waals surface area contributed by atoms with Crippen LogP contribution in [0.25, 0.3) is 0 Å². The number of halogens is 1. The fourth-order valence-electron chi connectivity index (χ4n) is 3.86. The van der Waals surface area contributed by atoms with Gasteiger partial charge in [-0.1, -0.05) is 18.5 Å². The molecule has 0 saturated carbocycles. The van der Waals surface area contributed by atoms with E-state index in [1.54, 1.807) is 24.3 Å². The molecule has 4 rings (SSSR count). The van der Waals surface area contributed by atoms with Crippen molar-refractivity contribution in [3.8, 4) is 0 Å². The zero-order valence-corrected chi connectivity index (χ0v) is 18.7. The molecule has 0 aliphatic carbocycles. The predicted octanol–water partition coefficient (Wildman–Crippen LogP) is 1.78. The van der Waals surface area contributed by atoms with Crippen LogP contribution in [0.5, 0.6) is 0 Å². The van der Waals surface area contributed by atoms with E-state index in [1.807, 2.05) is 12.1 Å². The Hall–Kier alpha value is -1.94. The minimum atomic E-state index is -3.51. The first-order chi connectivity index (χ1) is 14.5. The standard InChI is InChI=1S/C20H27ClN6O2S/c1-2-24-9-11-25(12-10-24)19-7-8-20(23-22-19)26-13-15-27(16-14-26)30(28,29)18-5-3-17(21)4-6-18/h3-8H,2,9-16H2,1H3. The van der Waals surface area contributed by atoms with Gasteiger partial charge in [-0.15, -0.1) is 10.2 Å². The number of anilines is 2. The van der Waals surface area contributed by atoms with E-state index >= 15 is 0 Å². The molecule has 2 aliphatic heterocycles. The van der Waals surface area contributed by atoms with Crippen molar-refractivity contribution in [3.05, 3.63) is 41.4 Å². The van der Waals surface area contributed by atoms with Crippen molar-refractivity contribution in [2.24, 2.45) is 0 Å². The van der Waals surface area contributed by atoms with Gasteiger partial charge in [-0.2, -0.15) is 4.31 Å². The first kappa shape index (κ1) is 21.3. The molecule has 0 amide bonds. The van der Waals surface area contributed by atoms with Gasteiger partial charge in [0.1, 0.15) is 0 Å². The first-order valence-corrected chi connectivity index (χ1v) is 12.1. The molecule has 0 unspecified atom stereocenters. The largest absolute Gasteiger partial charge is 0.353 e. The average molecular weight is 451 g/mol. The van der Waals surface area contributed by atoms with E-state index in [4.69, 9.17) is 11.6 Å². The lowest BCUT2D eigenvalue weighted by atomic mass is 10.3. The van der Waals surface area contributed by atoms with Gasteiger partial charge in [0, 0.05) is 57.4 Å². The van der Waals surface area contributed by atoms with Crippen LogP contribution in [-0.2, 0) is 10.0 Å². The van der Waals surface area contributed by atoms with Crippen LogP contribution in [-0.4, -0.2) is 86.7 Å². The fraction of sp³-hybridized carbons (Fsp3) is 0.500. The topological polar surface area (TPSA) is 72.9 Å². The summed E-state index contributed by atoms with van der Waals surface area (Å²) in [6, 6.07) is 10.3. The highest BCUT2D eigenvalue weighted by Crippen LogP contribution is 2.22. The van der Waals surface area contributed by atoms with Gasteiger partial charge in [-0.3, -0.25) is 0 Å². The molecule has 3 heterocycles. The highest BCUT2D eigenvalue weighted by Gasteiger charge is 2.29. The van der Waals surface area contributed by atoms with Gasteiger partial charge in [0.25, 0.3) is 0 Å². The maximum Gasteiger partial charge on any atom is 0.243 e. The van der Waals surface area contributed by atoms with Gasteiger partial charge in [-0.05, 0) is 42.9 Å². The molecule has 2 saturated heterocycles. The van der Waals surface area contributed by atoms with Crippen LogP contribution in [0.15, 0.2) is 41.3 Å². The van der Waals surface area contributed by atoms with Crippen molar-refractivity contribution in [2.45, 2.75) is 11.8 Å². The Morgan fingerprint density at radius 1 is 0.800 bits per heavy atom.